The first-order valence-electron chi connectivity index (χ1n) is 5.82. The Kier molecular flexibility index (Phi) is 5.41. The molecule has 1 atom stereocenters. The molecule has 0 saturated carbocycles. The van der Waals surface area contributed by atoms with Gasteiger partial charge in [0.1, 0.15) is 0 Å². The van der Waals surface area contributed by atoms with Crippen molar-refractivity contribution >= 4 is 57.4 Å². The molecule has 0 N–H and O–H groups in total. The van der Waals surface area contributed by atoms with E-state index in [2.05, 4.69) is 41.6 Å². The van der Waals surface area contributed by atoms with E-state index in [1.54, 1.807) is 0 Å². The molecule has 2 rings (SSSR count). The average Bonchev–Trinajstić information content (AvgIpc) is 2.37. The number of hydrogen-bond donors (Lipinski definition) is 0. The topological polar surface area (TPSA) is 0 Å². The summed E-state index contributed by atoms with van der Waals surface area (Å²) >= 11 is 20.8. The Hall–Kier alpha value is 0.0400. The van der Waals surface area contributed by atoms with Gasteiger partial charge in [0.05, 0.1) is 15.4 Å². The van der Waals surface area contributed by atoms with Crippen LogP contribution >= 0.6 is 57.4 Å². The standard InChI is InChI=1S/C15H12Cl3I/c1-9-3-2-4-11(15(9)19)13(17)7-10-5-6-12(16)14(18)8-10/h2-6,8,13H,7H2,1H3. The highest BCUT2D eigenvalue weighted by Gasteiger charge is 2.14. The van der Waals surface area contributed by atoms with Gasteiger partial charge in [0.15, 0.2) is 0 Å². The van der Waals surface area contributed by atoms with Gasteiger partial charge in [-0.2, -0.15) is 0 Å². The minimum Gasteiger partial charge on any atom is -0.117 e. The Labute approximate surface area is 142 Å². The summed E-state index contributed by atoms with van der Waals surface area (Å²) in [7, 11) is 0. The molecule has 100 valence electrons. The molecular weight excluding hydrogens is 413 g/mol. The van der Waals surface area contributed by atoms with Crippen LogP contribution in [-0.4, -0.2) is 0 Å². The predicted octanol–water partition coefficient (Wildman–Crippen LogP) is 6.43. The van der Waals surface area contributed by atoms with Crippen LogP contribution in [0, 0.1) is 10.5 Å². The molecule has 4 heteroatoms. The highest BCUT2D eigenvalue weighted by atomic mass is 127. The van der Waals surface area contributed by atoms with Crippen molar-refractivity contribution in [1.82, 2.24) is 0 Å². The number of aryl methyl sites for hydroxylation is 1. The second-order valence-electron chi connectivity index (χ2n) is 4.40. The number of benzene rings is 2. The van der Waals surface area contributed by atoms with Crippen LogP contribution in [0.5, 0.6) is 0 Å². The quantitative estimate of drug-likeness (QED) is 0.393. The van der Waals surface area contributed by atoms with Gasteiger partial charge >= 0.3 is 0 Å². The highest BCUT2D eigenvalue weighted by molar-refractivity contribution is 14.1. The van der Waals surface area contributed by atoms with Crippen LogP contribution in [0.4, 0.5) is 0 Å². The summed E-state index contributed by atoms with van der Waals surface area (Å²) in [5.74, 6) is 0. The van der Waals surface area contributed by atoms with E-state index in [1.807, 2.05) is 24.3 Å². The van der Waals surface area contributed by atoms with Crippen molar-refractivity contribution in [1.29, 1.82) is 0 Å². The number of halogens is 4. The summed E-state index contributed by atoms with van der Waals surface area (Å²) in [6.07, 6.45) is 0.734. The highest BCUT2D eigenvalue weighted by Crippen LogP contribution is 2.32. The Morgan fingerprint density at radius 1 is 1.11 bits per heavy atom. The lowest BCUT2D eigenvalue weighted by Crippen LogP contribution is -2.00. The molecular formula is C15H12Cl3I. The van der Waals surface area contributed by atoms with Crippen LogP contribution in [0.1, 0.15) is 22.1 Å². The molecule has 2 aromatic rings. The monoisotopic (exact) mass is 424 g/mol. The second-order valence-corrected chi connectivity index (χ2v) is 6.82. The SMILES string of the molecule is Cc1cccc(C(Cl)Cc2ccc(Cl)c(Cl)c2)c1I. The van der Waals surface area contributed by atoms with Crippen LogP contribution < -0.4 is 0 Å². The lowest BCUT2D eigenvalue weighted by molar-refractivity contribution is 0.911. The largest absolute Gasteiger partial charge is 0.117 e. The van der Waals surface area contributed by atoms with Crippen LogP contribution in [0.2, 0.25) is 10.0 Å². The van der Waals surface area contributed by atoms with Crippen molar-refractivity contribution in [3.8, 4) is 0 Å². The van der Waals surface area contributed by atoms with Gasteiger partial charge in [0, 0.05) is 3.57 Å². The fourth-order valence-electron chi connectivity index (χ4n) is 1.90. The normalized spacial score (nSPS) is 12.5. The van der Waals surface area contributed by atoms with E-state index in [0.717, 1.165) is 17.5 Å². The molecule has 1 unspecified atom stereocenters. The van der Waals surface area contributed by atoms with Gasteiger partial charge in [-0.1, -0.05) is 47.5 Å². The maximum atomic E-state index is 6.53. The van der Waals surface area contributed by atoms with Crippen LogP contribution in [0.15, 0.2) is 36.4 Å². The summed E-state index contributed by atoms with van der Waals surface area (Å²) in [4.78, 5) is 0. The zero-order chi connectivity index (χ0) is 14.0. The fraction of sp³-hybridized carbons (Fsp3) is 0.200. The van der Waals surface area contributed by atoms with E-state index in [0.29, 0.717) is 10.0 Å². The molecule has 0 fully saturated rings. The van der Waals surface area contributed by atoms with Crippen molar-refractivity contribution in [2.75, 3.05) is 0 Å². The molecule has 0 heterocycles. The van der Waals surface area contributed by atoms with Crippen molar-refractivity contribution in [2.24, 2.45) is 0 Å². The van der Waals surface area contributed by atoms with E-state index in [-0.39, 0.29) is 5.38 Å². The third-order valence-electron chi connectivity index (χ3n) is 2.96. The summed E-state index contributed by atoms with van der Waals surface area (Å²) in [5, 5.41) is 1.08. The van der Waals surface area contributed by atoms with Crippen molar-refractivity contribution in [2.45, 2.75) is 18.7 Å². The zero-order valence-electron chi connectivity index (χ0n) is 10.3. The van der Waals surface area contributed by atoms with Crippen LogP contribution in [0.3, 0.4) is 0 Å². The summed E-state index contributed by atoms with van der Waals surface area (Å²) in [5.41, 5.74) is 3.50. The zero-order valence-corrected chi connectivity index (χ0v) is 14.7. The van der Waals surface area contributed by atoms with Gasteiger partial charge in [0.2, 0.25) is 0 Å². The molecule has 0 spiro atoms. The van der Waals surface area contributed by atoms with Gasteiger partial charge < -0.3 is 0 Å². The third-order valence-corrected chi connectivity index (χ3v) is 5.56. The van der Waals surface area contributed by atoms with E-state index in [1.165, 1.54) is 9.13 Å². The average molecular weight is 426 g/mol. The molecule has 0 amide bonds. The molecule has 0 nitrogen and oxygen atoms in total. The van der Waals surface area contributed by atoms with Crippen molar-refractivity contribution in [3.05, 3.63) is 66.7 Å². The Balaban J connectivity index is 2.23. The molecule has 0 aliphatic carbocycles. The second kappa shape index (κ2) is 6.66. The lowest BCUT2D eigenvalue weighted by atomic mass is 10.0. The van der Waals surface area contributed by atoms with Gasteiger partial charge in [0.25, 0.3) is 0 Å². The molecule has 0 aromatic heterocycles. The molecule has 19 heavy (non-hydrogen) atoms. The minimum atomic E-state index is -0.0657. The first-order valence-corrected chi connectivity index (χ1v) is 8.09. The van der Waals surface area contributed by atoms with Gasteiger partial charge in [-0.05, 0) is 64.8 Å². The third kappa shape index (κ3) is 3.78. The number of hydrogen-bond acceptors (Lipinski definition) is 0. The smallest absolute Gasteiger partial charge is 0.0636 e. The fourth-order valence-corrected chi connectivity index (χ4v) is 3.50. The summed E-state index contributed by atoms with van der Waals surface area (Å²) in [6.45, 7) is 2.09. The minimum absolute atomic E-state index is 0.0657. The molecule has 0 saturated heterocycles. The van der Waals surface area contributed by atoms with Crippen LogP contribution in [-0.2, 0) is 6.42 Å². The summed E-state index contributed by atoms with van der Waals surface area (Å²) in [6, 6.07) is 11.9. The van der Waals surface area contributed by atoms with E-state index in [9.17, 15) is 0 Å². The van der Waals surface area contributed by atoms with Gasteiger partial charge in [-0.25, -0.2) is 0 Å². The van der Waals surface area contributed by atoms with Crippen molar-refractivity contribution in [3.63, 3.8) is 0 Å². The van der Waals surface area contributed by atoms with Gasteiger partial charge in [-0.15, -0.1) is 11.6 Å². The summed E-state index contributed by atoms with van der Waals surface area (Å²) < 4.78 is 1.22. The Bertz CT molecular complexity index is 596. The molecule has 0 aliphatic heterocycles. The van der Waals surface area contributed by atoms with Crippen LogP contribution in [0.25, 0.3) is 0 Å². The molecule has 0 radical (unpaired) electrons. The van der Waals surface area contributed by atoms with E-state index >= 15 is 0 Å². The first-order chi connectivity index (χ1) is 8.99. The molecule has 0 aliphatic rings. The maximum absolute atomic E-state index is 6.53. The van der Waals surface area contributed by atoms with E-state index < -0.39 is 0 Å². The predicted molar refractivity (Wildman–Crippen MR) is 92.7 cm³/mol. The molecule has 0 bridgehead atoms. The Morgan fingerprint density at radius 3 is 2.53 bits per heavy atom. The number of rotatable bonds is 3. The van der Waals surface area contributed by atoms with Crippen molar-refractivity contribution < 1.29 is 0 Å². The number of alkyl halides is 1. The Morgan fingerprint density at radius 2 is 1.84 bits per heavy atom. The van der Waals surface area contributed by atoms with Gasteiger partial charge in [-0.3, -0.25) is 0 Å². The maximum Gasteiger partial charge on any atom is 0.0636 e. The first kappa shape index (κ1) is 15.4. The van der Waals surface area contributed by atoms with E-state index in [4.69, 9.17) is 34.8 Å². The lowest BCUT2D eigenvalue weighted by Gasteiger charge is -2.14. The molecule has 2 aromatic carbocycles.